The number of aliphatic hydroxyl groups is 1. The lowest BCUT2D eigenvalue weighted by Crippen LogP contribution is -2.46. The second kappa shape index (κ2) is 5.78. The van der Waals surface area contributed by atoms with Gasteiger partial charge in [-0.2, -0.15) is 0 Å². The molecule has 0 fully saturated rings. The van der Waals surface area contributed by atoms with Crippen molar-refractivity contribution in [2.75, 3.05) is 5.32 Å². The molecule has 22 heavy (non-hydrogen) atoms. The van der Waals surface area contributed by atoms with E-state index in [1.807, 2.05) is 54.6 Å². The van der Waals surface area contributed by atoms with Gasteiger partial charge in [0.15, 0.2) is 0 Å². The number of amides is 1. The zero-order valence-electron chi connectivity index (χ0n) is 12.3. The van der Waals surface area contributed by atoms with Gasteiger partial charge in [-0.15, -0.1) is 6.58 Å². The van der Waals surface area contributed by atoms with Crippen molar-refractivity contribution in [3.05, 3.63) is 78.4 Å². The van der Waals surface area contributed by atoms with Gasteiger partial charge < -0.3 is 10.4 Å². The van der Waals surface area contributed by atoms with Gasteiger partial charge in [0.1, 0.15) is 0 Å². The third kappa shape index (κ3) is 2.34. The zero-order valence-corrected chi connectivity index (χ0v) is 12.3. The van der Waals surface area contributed by atoms with E-state index in [-0.39, 0.29) is 5.91 Å². The Kier molecular flexibility index (Phi) is 3.82. The lowest BCUT2D eigenvalue weighted by molar-refractivity contribution is -0.133. The van der Waals surface area contributed by atoms with Crippen LogP contribution in [-0.4, -0.2) is 11.0 Å². The largest absolute Gasteiger partial charge is 0.387 e. The fraction of sp³-hybridized carbons (Fsp3) is 0.211. The summed E-state index contributed by atoms with van der Waals surface area (Å²) in [6, 6.07) is 17.2. The molecule has 2 N–H and O–H groups in total. The van der Waals surface area contributed by atoms with E-state index < -0.39 is 11.5 Å². The Hall–Kier alpha value is -2.39. The molecule has 0 radical (unpaired) electrons. The average Bonchev–Trinajstić information content (AvgIpc) is 2.54. The highest BCUT2D eigenvalue weighted by molar-refractivity contribution is 5.99. The summed E-state index contributed by atoms with van der Waals surface area (Å²) < 4.78 is 0. The lowest BCUT2D eigenvalue weighted by Gasteiger charge is -2.40. The molecule has 0 saturated carbocycles. The number of fused-ring (bicyclic) bond motifs is 1. The summed E-state index contributed by atoms with van der Waals surface area (Å²) in [6.45, 7) is 3.78. The second-order valence-electron chi connectivity index (χ2n) is 5.76. The van der Waals surface area contributed by atoms with Crippen molar-refractivity contribution in [2.24, 2.45) is 5.41 Å². The van der Waals surface area contributed by atoms with E-state index in [0.29, 0.717) is 18.5 Å². The molecule has 3 heteroatoms. The van der Waals surface area contributed by atoms with Crippen molar-refractivity contribution in [3.63, 3.8) is 0 Å². The molecule has 3 nitrogen and oxygen atoms in total. The summed E-state index contributed by atoms with van der Waals surface area (Å²) in [7, 11) is 0. The van der Waals surface area contributed by atoms with Crippen molar-refractivity contribution in [1.29, 1.82) is 0 Å². The number of hydrogen-bond acceptors (Lipinski definition) is 2. The molecule has 1 amide bonds. The van der Waals surface area contributed by atoms with E-state index in [0.717, 1.165) is 11.1 Å². The highest BCUT2D eigenvalue weighted by Gasteiger charge is 2.48. The number of carbonyl (C=O) groups is 1. The van der Waals surface area contributed by atoms with Crippen LogP contribution in [0.5, 0.6) is 0 Å². The molecule has 2 aromatic rings. The quantitative estimate of drug-likeness (QED) is 0.848. The van der Waals surface area contributed by atoms with E-state index in [1.54, 1.807) is 6.08 Å². The van der Waals surface area contributed by atoms with E-state index in [2.05, 4.69) is 11.9 Å². The molecule has 2 atom stereocenters. The monoisotopic (exact) mass is 293 g/mol. The minimum Gasteiger partial charge on any atom is -0.387 e. The standard InChI is InChI=1S/C19H19NO2/c1-2-12-19(13-14-8-4-3-5-9-14)17(21)15-10-6-7-11-16(15)20-18(19)22/h2-11,17,21H,1,12-13H2,(H,20,22). The molecule has 0 saturated heterocycles. The third-order valence-corrected chi connectivity index (χ3v) is 4.35. The van der Waals surface area contributed by atoms with Crippen LogP contribution in [0.4, 0.5) is 5.69 Å². The Labute approximate surface area is 130 Å². The van der Waals surface area contributed by atoms with Gasteiger partial charge in [-0.1, -0.05) is 54.6 Å². The molecular formula is C19H19NO2. The molecule has 1 heterocycles. The van der Waals surface area contributed by atoms with Gasteiger partial charge in [0.2, 0.25) is 5.91 Å². The smallest absolute Gasteiger partial charge is 0.234 e. The first kappa shape index (κ1) is 14.5. The van der Waals surface area contributed by atoms with Crippen molar-refractivity contribution in [2.45, 2.75) is 18.9 Å². The molecule has 1 aliphatic heterocycles. The lowest BCUT2D eigenvalue weighted by atomic mass is 9.69. The van der Waals surface area contributed by atoms with E-state index >= 15 is 0 Å². The van der Waals surface area contributed by atoms with Gasteiger partial charge in [0, 0.05) is 11.3 Å². The van der Waals surface area contributed by atoms with E-state index in [4.69, 9.17) is 0 Å². The van der Waals surface area contributed by atoms with Crippen molar-refractivity contribution in [1.82, 2.24) is 0 Å². The minimum atomic E-state index is -0.919. The van der Waals surface area contributed by atoms with Gasteiger partial charge in [-0.3, -0.25) is 4.79 Å². The highest BCUT2D eigenvalue weighted by Crippen LogP contribution is 2.47. The summed E-state index contributed by atoms with van der Waals surface area (Å²) in [6.07, 6.45) is 1.75. The SMILES string of the molecule is C=CCC1(Cc2ccccc2)C(=O)Nc2ccccc2C1O. The van der Waals surface area contributed by atoms with Crippen LogP contribution in [0.3, 0.4) is 0 Å². The van der Waals surface area contributed by atoms with Crippen LogP contribution in [0.2, 0.25) is 0 Å². The van der Waals surface area contributed by atoms with Crippen molar-refractivity contribution < 1.29 is 9.90 Å². The van der Waals surface area contributed by atoms with Crippen LogP contribution < -0.4 is 5.32 Å². The Morgan fingerprint density at radius 2 is 1.82 bits per heavy atom. The molecule has 0 aromatic heterocycles. The van der Waals surface area contributed by atoms with Gasteiger partial charge in [0.25, 0.3) is 0 Å². The van der Waals surface area contributed by atoms with Gasteiger partial charge in [0.05, 0.1) is 11.5 Å². The number of aliphatic hydroxyl groups excluding tert-OH is 1. The maximum absolute atomic E-state index is 12.8. The first-order chi connectivity index (χ1) is 10.7. The Morgan fingerprint density at radius 3 is 2.55 bits per heavy atom. The van der Waals surface area contributed by atoms with Crippen LogP contribution in [0, 0.1) is 5.41 Å². The molecular weight excluding hydrogens is 274 g/mol. The van der Waals surface area contributed by atoms with E-state index in [9.17, 15) is 9.90 Å². The van der Waals surface area contributed by atoms with Gasteiger partial charge >= 0.3 is 0 Å². The number of anilines is 1. The maximum atomic E-state index is 12.8. The van der Waals surface area contributed by atoms with Gasteiger partial charge in [-0.05, 0) is 24.5 Å². The summed E-state index contributed by atoms with van der Waals surface area (Å²) in [4.78, 5) is 12.8. The number of allylic oxidation sites excluding steroid dienone is 1. The number of rotatable bonds is 4. The third-order valence-electron chi connectivity index (χ3n) is 4.35. The number of carbonyl (C=O) groups excluding carboxylic acids is 1. The van der Waals surface area contributed by atoms with Crippen molar-refractivity contribution >= 4 is 11.6 Å². The number of benzene rings is 2. The van der Waals surface area contributed by atoms with Crippen LogP contribution >= 0.6 is 0 Å². The fourth-order valence-electron chi connectivity index (χ4n) is 3.19. The number of hydrogen-bond donors (Lipinski definition) is 2. The molecule has 2 aromatic carbocycles. The predicted octanol–water partition coefficient (Wildman–Crippen LogP) is 3.48. The van der Waals surface area contributed by atoms with E-state index in [1.165, 1.54) is 0 Å². The molecule has 112 valence electrons. The Bertz CT molecular complexity index is 696. The highest BCUT2D eigenvalue weighted by atomic mass is 16.3. The summed E-state index contributed by atoms with van der Waals surface area (Å²) in [5.74, 6) is -0.151. The van der Waals surface area contributed by atoms with Crippen LogP contribution in [-0.2, 0) is 11.2 Å². The topological polar surface area (TPSA) is 49.3 Å². The van der Waals surface area contributed by atoms with Crippen LogP contribution in [0.25, 0.3) is 0 Å². The van der Waals surface area contributed by atoms with Crippen LogP contribution in [0.1, 0.15) is 23.7 Å². The molecule has 3 rings (SSSR count). The van der Waals surface area contributed by atoms with Crippen molar-refractivity contribution in [3.8, 4) is 0 Å². The number of para-hydroxylation sites is 1. The minimum absolute atomic E-state index is 0.151. The first-order valence-electron chi connectivity index (χ1n) is 7.40. The molecule has 1 aliphatic rings. The molecule has 0 aliphatic carbocycles. The van der Waals surface area contributed by atoms with Crippen LogP contribution in [0.15, 0.2) is 67.3 Å². The first-order valence-corrected chi connectivity index (χ1v) is 7.40. The summed E-state index contributed by atoms with van der Waals surface area (Å²) >= 11 is 0. The molecule has 0 spiro atoms. The predicted molar refractivity (Wildman–Crippen MR) is 87.4 cm³/mol. The zero-order chi connectivity index (χ0) is 15.6. The Balaban J connectivity index is 2.06. The summed E-state index contributed by atoms with van der Waals surface area (Å²) in [5, 5.41) is 13.9. The maximum Gasteiger partial charge on any atom is 0.234 e. The summed E-state index contributed by atoms with van der Waals surface area (Å²) in [5.41, 5.74) is 1.56. The average molecular weight is 293 g/mol. The molecule has 0 bridgehead atoms. The second-order valence-corrected chi connectivity index (χ2v) is 5.76. The number of nitrogens with one attached hydrogen (secondary N) is 1. The van der Waals surface area contributed by atoms with Gasteiger partial charge in [-0.25, -0.2) is 0 Å². The fourth-order valence-corrected chi connectivity index (χ4v) is 3.19. The normalized spacial score (nSPS) is 23.5. The molecule has 2 unspecified atom stereocenters. The Morgan fingerprint density at radius 1 is 1.14 bits per heavy atom.